The Labute approximate surface area is 118 Å². The first-order valence-electron chi connectivity index (χ1n) is 7.03. The maximum absolute atomic E-state index is 6.14. The Morgan fingerprint density at radius 3 is 2.53 bits per heavy atom. The molecule has 19 heavy (non-hydrogen) atoms. The van der Waals surface area contributed by atoms with Crippen LogP contribution in [-0.4, -0.2) is 35.2 Å². The van der Waals surface area contributed by atoms with Crippen molar-refractivity contribution in [1.29, 1.82) is 0 Å². The van der Waals surface area contributed by atoms with Gasteiger partial charge in [0.2, 0.25) is 0 Å². The highest BCUT2D eigenvalue weighted by atomic mass is 35.5. The third kappa shape index (κ3) is 1.87. The summed E-state index contributed by atoms with van der Waals surface area (Å²) < 4.78 is 6.04. The predicted octanol–water partition coefficient (Wildman–Crippen LogP) is 2.43. The first-order valence-corrected chi connectivity index (χ1v) is 7.41. The molecule has 0 spiro atoms. The monoisotopic (exact) mass is 278 g/mol. The number of rotatable bonds is 3. The number of hydrogen-bond acceptors (Lipinski definition) is 3. The Kier molecular flexibility index (Phi) is 2.45. The van der Waals surface area contributed by atoms with Gasteiger partial charge in [0.15, 0.2) is 0 Å². The molecule has 1 saturated heterocycles. The van der Waals surface area contributed by atoms with Crippen LogP contribution in [-0.2, 0) is 0 Å². The molecule has 2 N–H and O–H groups in total. The lowest BCUT2D eigenvalue weighted by Gasteiger charge is -2.72. The summed E-state index contributed by atoms with van der Waals surface area (Å²) in [5, 5.41) is 0.752. The van der Waals surface area contributed by atoms with Crippen molar-refractivity contribution in [2.24, 2.45) is 5.73 Å². The summed E-state index contributed by atoms with van der Waals surface area (Å²) in [5.74, 6) is 0.921. The van der Waals surface area contributed by atoms with Gasteiger partial charge < -0.3 is 10.5 Å². The van der Waals surface area contributed by atoms with Crippen LogP contribution >= 0.6 is 11.6 Å². The lowest BCUT2D eigenvalue weighted by Crippen LogP contribution is -2.81. The van der Waals surface area contributed by atoms with Crippen LogP contribution in [0.15, 0.2) is 24.3 Å². The van der Waals surface area contributed by atoms with E-state index in [0.717, 1.165) is 30.3 Å². The fourth-order valence-electron chi connectivity index (χ4n) is 4.11. The molecule has 3 saturated carbocycles. The number of hydrogen-bond donors (Lipinski definition) is 1. The highest BCUT2D eigenvalue weighted by molar-refractivity contribution is 6.30. The van der Waals surface area contributed by atoms with Gasteiger partial charge in [0.25, 0.3) is 0 Å². The molecule has 4 heteroatoms. The van der Waals surface area contributed by atoms with Gasteiger partial charge in [-0.2, -0.15) is 0 Å². The lowest BCUT2D eigenvalue weighted by molar-refractivity contribution is -0.155. The predicted molar refractivity (Wildman–Crippen MR) is 75.6 cm³/mol. The summed E-state index contributed by atoms with van der Waals surface area (Å²) in [6, 6.07) is 7.65. The fraction of sp³-hybridized carbons (Fsp3) is 0.600. The van der Waals surface area contributed by atoms with Crippen LogP contribution < -0.4 is 10.5 Å². The molecule has 0 radical (unpaired) electrons. The molecule has 1 unspecified atom stereocenters. The first kappa shape index (κ1) is 12.0. The number of benzene rings is 1. The van der Waals surface area contributed by atoms with Gasteiger partial charge in [-0.1, -0.05) is 11.6 Å². The van der Waals surface area contributed by atoms with Crippen LogP contribution in [0.2, 0.25) is 5.02 Å². The van der Waals surface area contributed by atoms with Crippen LogP contribution in [0.1, 0.15) is 25.7 Å². The Morgan fingerprint density at radius 1 is 1.21 bits per heavy atom. The molecule has 3 aliphatic carbocycles. The van der Waals surface area contributed by atoms with E-state index in [1.165, 1.54) is 19.3 Å². The van der Waals surface area contributed by atoms with E-state index >= 15 is 0 Å². The smallest absolute Gasteiger partial charge is 0.119 e. The molecule has 0 amide bonds. The second kappa shape index (κ2) is 3.87. The number of likely N-dealkylation sites (tertiary alicyclic amines) is 1. The van der Waals surface area contributed by atoms with E-state index in [0.29, 0.717) is 11.6 Å². The van der Waals surface area contributed by atoms with E-state index in [4.69, 9.17) is 22.1 Å². The largest absolute Gasteiger partial charge is 0.489 e. The molecule has 1 atom stereocenters. The number of halogens is 1. The fourth-order valence-corrected chi connectivity index (χ4v) is 4.23. The lowest BCUT2D eigenvalue weighted by atomic mass is 9.44. The summed E-state index contributed by atoms with van der Waals surface area (Å²) in [5.41, 5.74) is 6.77. The molecular formula is C15H19ClN2O. The Hall–Kier alpha value is -0.770. The van der Waals surface area contributed by atoms with Crippen molar-refractivity contribution in [3.8, 4) is 5.75 Å². The minimum atomic E-state index is 0.190. The van der Waals surface area contributed by atoms with Crippen molar-refractivity contribution < 1.29 is 4.74 Å². The average molecular weight is 279 g/mol. The van der Waals surface area contributed by atoms with E-state index in [1.54, 1.807) is 0 Å². The molecule has 5 rings (SSSR count). The standard InChI is InChI=1S/C15H19ClN2O/c16-11-1-3-12(4-2-11)19-13-5-6-18(7-13)15-8-14(17,9-15)10-15/h1-4,13H,5-10,17H2. The SMILES string of the molecule is NC12CC(N3CCC(Oc4ccc(Cl)cc4)C3)(C1)C2. The van der Waals surface area contributed by atoms with E-state index < -0.39 is 0 Å². The van der Waals surface area contributed by atoms with Gasteiger partial charge >= 0.3 is 0 Å². The van der Waals surface area contributed by atoms with Gasteiger partial charge in [-0.25, -0.2) is 0 Å². The van der Waals surface area contributed by atoms with Crippen LogP contribution in [0.25, 0.3) is 0 Å². The van der Waals surface area contributed by atoms with Gasteiger partial charge in [-0.3, -0.25) is 4.90 Å². The molecule has 1 aliphatic heterocycles. The van der Waals surface area contributed by atoms with Crippen molar-refractivity contribution >= 4 is 11.6 Å². The van der Waals surface area contributed by atoms with Crippen molar-refractivity contribution in [2.45, 2.75) is 42.9 Å². The Morgan fingerprint density at radius 2 is 1.89 bits per heavy atom. The Balaban J connectivity index is 1.36. The molecule has 4 aliphatic rings. The second-order valence-corrected chi connectivity index (χ2v) is 6.98. The zero-order chi connectivity index (χ0) is 13.1. The van der Waals surface area contributed by atoms with Crippen LogP contribution in [0.3, 0.4) is 0 Å². The highest BCUT2D eigenvalue weighted by Crippen LogP contribution is 2.62. The maximum Gasteiger partial charge on any atom is 0.119 e. The van der Waals surface area contributed by atoms with Gasteiger partial charge in [0.05, 0.1) is 0 Å². The van der Waals surface area contributed by atoms with Gasteiger partial charge in [-0.15, -0.1) is 0 Å². The van der Waals surface area contributed by atoms with Crippen molar-refractivity contribution in [3.63, 3.8) is 0 Å². The van der Waals surface area contributed by atoms with Crippen LogP contribution in [0, 0.1) is 0 Å². The van der Waals surface area contributed by atoms with Crippen molar-refractivity contribution in [2.75, 3.05) is 13.1 Å². The molecule has 102 valence electrons. The van der Waals surface area contributed by atoms with Crippen LogP contribution in [0.4, 0.5) is 0 Å². The van der Waals surface area contributed by atoms with Gasteiger partial charge in [0.1, 0.15) is 11.9 Å². The summed E-state index contributed by atoms with van der Waals surface area (Å²) in [6.45, 7) is 2.19. The Bertz CT molecular complexity index is 482. The number of nitrogens with zero attached hydrogens (tertiary/aromatic N) is 1. The average Bonchev–Trinajstić information content (AvgIpc) is 2.75. The summed E-state index contributed by atoms with van der Waals surface area (Å²) in [7, 11) is 0. The third-order valence-electron chi connectivity index (χ3n) is 4.98. The molecule has 4 fully saturated rings. The maximum atomic E-state index is 6.14. The minimum absolute atomic E-state index is 0.190. The molecule has 2 bridgehead atoms. The van der Waals surface area contributed by atoms with Gasteiger partial charge in [-0.05, 0) is 49.9 Å². The van der Waals surface area contributed by atoms with Crippen molar-refractivity contribution in [1.82, 2.24) is 4.90 Å². The van der Waals surface area contributed by atoms with Crippen LogP contribution in [0.5, 0.6) is 5.75 Å². The molecular weight excluding hydrogens is 260 g/mol. The number of nitrogens with two attached hydrogens (primary N) is 1. The highest BCUT2D eigenvalue weighted by Gasteiger charge is 2.68. The molecule has 1 heterocycles. The normalized spacial score (nSPS) is 40.6. The van der Waals surface area contributed by atoms with Crippen molar-refractivity contribution in [3.05, 3.63) is 29.3 Å². The van der Waals surface area contributed by atoms with Gasteiger partial charge in [0, 0.05) is 29.2 Å². The topological polar surface area (TPSA) is 38.5 Å². The van der Waals surface area contributed by atoms with E-state index in [9.17, 15) is 0 Å². The third-order valence-corrected chi connectivity index (χ3v) is 5.23. The number of ether oxygens (including phenoxy) is 1. The molecule has 1 aromatic carbocycles. The summed E-state index contributed by atoms with van der Waals surface area (Å²) in [6.07, 6.45) is 4.99. The zero-order valence-electron chi connectivity index (χ0n) is 10.9. The van der Waals surface area contributed by atoms with E-state index in [-0.39, 0.29) is 5.54 Å². The molecule has 1 aromatic rings. The minimum Gasteiger partial charge on any atom is -0.489 e. The summed E-state index contributed by atoms with van der Waals surface area (Å²) in [4.78, 5) is 2.60. The van der Waals surface area contributed by atoms with E-state index in [2.05, 4.69) is 4.90 Å². The second-order valence-electron chi connectivity index (χ2n) is 6.55. The zero-order valence-corrected chi connectivity index (χ0v) is 11.7. The summed E-state index contributed by atoms with van der Waals surface area (Å²) >= 11 is 5.88. The first-order chi connectivity index (χ1) is 9.07. The quantitative estimate of drug-likeness (QED) is 0.923. The molecule has 0 aromatic heterocycles. The van der Waals surface area contributed by atoms with E-state index in [1.807, 2.05) is 24.3 Å². The molecule has 3 nitrogen and oxygen atoms in total.